The van der Waals surface area contributed by atoms with Crippen molar-refractivity contribution in [1.29, 1.82) is 0 Å². The summed E-state index contributed by atoms with van der Waals surface area (Å²) >= 11 is 1.44. The van der Waals surface area contributed by atoms with Gasteiger partial charge >= 0.3 is 0 Å². The first kappa shape index (κ1) is 24.6. The van der Waals surface area contributed by atoms with Gasteiger partial charge in [0.15, 0.2) is 5.13 Å². The van der Waals surface area contributed by atoms with Crippen molar-refractivity contribution < 1.29 is 17.9 Å². The first-order chi connectivity index (χ1) is 16.2. The van der Waals surface area contributed by atoms with Crippen LogP contribution in [0.4, 0.5) is 5.13 Å². The number of sulfonamides is 1. The summed E-state index contributed by atoms with van der Waals surface area (Å²) in [6.45, 7) is 1.31. The maximum absolute atomic E-state index is 13.6. The molecule has 1 heterocycles. The average molecular weight is 503 g/mol. The van der Waals surface area contributed by atoms with Crippen molar-refractivity contribution in [2.24, 2.45) is 0 Å². The summed E-state index contributed by atoms with van der Waals surface area (Å²) in [4.78, 5) is 22.2. The van der Waals surface area contributed by atoms with Crippen LogP contribution in [0.25, 0.3) is 10.2 Å². The van der Waals surface area contributed by atoms with E-state index in [9.17, 15) is 13.2 Å². The standard InChI is InChI=1S/C24H30N4O4S2/c1-26(2)15-6-16-28(24-25-22-20(32-4)7-5-8-21(22)33-24)23(29)17-9-13-19(14-10-17)34(30,31)27(3)18-11-12-18/h5,7-10,13-14,18H,6,11-12,15-16H2,1-4H3. The molecular formula is C24H30N4O4S2. The molecule has 0 N–H and O–H groups in total. The molecule has 1 aromatic heterocycles. The van der Waals surface area contributed by atoms with E-state index in [2.05, 4.69) is 4.90 Å². The van der Waals surface area contributed by atoms with Crippen molar-refractivity contribution in [1.82, 2.24) is 14.2 Å². The number of para-hydroxylation sites is 1. The fraction of sp³-hybridized carbons (Fsp3) is 0.417. The second-order valence-corrected chi connectivity index (χ2v) is 11.7. The van der Waals surface area contributed by atoms with Gasteiger partial charge in [0.1, 0.15) is 11.3 Å². The highest BCUT2D eigenvalue weighted by molar-refractivity contribution is 7.89. The van der Waals surface area contributed by atoms with Gasteiger partial charge in [0.2, 0.25) is 10.0 Å². The highest BCUT2D eigenvalue weighted by Crippen LogP contribution is 2.35. The van der Waals surface area contributed by atoms with Gasteiger partial charge in [0, 0.05) is 25.2 Å². The summed E-state index contributed by atoms with van der Waals surface area (Å²) in [7, 11) is 3.64. The second-order valence-electron chi connectivity index (χ2n) is 8.69. The highest BCUT2D eigenvalue weighted by atomic mass is 32.2. The largest absolute Gasteiger partial charge is 0.494 e. The van der Waals surface area contributed by atoms with Crippen LogP contribution in [0, 0.1) is 0 Å². The zero-order valence-electron chi connectivity index (χ0n) is 19.9. The van der Waals surface area contributed by atoms with Crippen molar-refractivity contribution in [2.45, 2.75) is 30.2 Å². The third-order valence-electron chi connectivity index (χ3n) is 5.89. The van der Waals surface area contributed by atoms with Crippen LogP contribution >= 0.6 is 11.3 Å². The van der Waals surface area contributed by atoms with E-state index in [4.69, 9.17) is 9.72 Å². The zero-order chi connectivity index (χ0) is 24.5. The number of methoxy groups -OCH3 is 1. The minimum Gasteiger partial charge on any atom is -0.494 e. The summed E-state index contributed by atoms with van der Waals surface area (Å²) < 4.78 is 33.4. The molecule has 3 aromatic rings. The molecule has 2 aromatic carbocycles. The number of nitrogens with zero attached hydrogens (tertiary/aromatic N) is 4. The van der Waals surface area contributed by atoms with Crippen molar-refractivity contribution in [3.63, 3.8) is 0 Å². The molecule has 1 aliphatic carbocycles. The van der Waals surface area contributed by atoms with E-state index in [0.29, 0.717) is 23.0 Å². The first-order valence-electron chi connectivity index (χ1n) is 11.2. The molecule has 8 nitrogen and oxygen atoms in total. The van der Waals surface area contributed by atoms with Gasteiger partial charge < -0.3 is 9.64 Å². The quantitative estimate of drug-likeness (QED) is 0.421. The molecule has 1 aliphatic rings. The predicted octanol–water partition coefficient (Wildman–Crippen LogP) is 3.69. The van der Waals surface area contributed by atoms with Crippen LogP contribution in [-0.2, 0) is 10.0 Å². The van der Waals surface area contributed by atoms with Crippen LogP contribution in [-0.4, -0.2) is 75.9 Å². The molecular weight excluding hydrogens is 472 g/mol. The fourth-order valence-corrected chi connectivity index (χ4v) is 6.17. The van der Waals surface area contributed by atoms with Crippen LogP contribution < -0.4 is 9.64 Å². The number of aromatic nitrogens is 1. The molecule has 34 heavy (non-hydrogen) atoms. The molecule has 10 heteroatoms. The van der Waals surface area contributed by atoms with Gasteiger partial charge in [-0.25, -0.2) is 13.4 Å². The number of fused-ring (bicyclic) bond motifs is 1. The number of ether oxygens (including phenoxy) is 1. The van der Waals surface area contributed by atoms with Gasteiger partial charge in [0.25, 0.3) is 5.91 Å². The molecule has 0 bridgehead atoms. The molecule has 0 unspecified atom stereocenters. The van der Waals surface area contributed by atoms with E-state index >= 15 is 0 Å². The van der Waals surface area contributed by atoms with Crippen molar-refractivity contribution in [2.75, 3.05) is 46.2 Å². The predicted molar refractivity (Wildman–Crippen MR) is 135 cm³/mol. The molecule has 0 spiro atoms. The lowest BCUT2D eigenvalue weighted by atomic mass is 10.2. The molecule has 4 rings (SSSR count). The Morgan fingerprint density at radius 2 is 1.79 bits per heavy atom. The van der Waals surface area contributed by atoms with Crippen LogP contribution in [0.2, 0.25) is 0 Å². The van der Waals surface area contributed by atoms with Gasteiger partial charge in [-0.3, -0.25) is 9.69 Å². The van der Waals surface area contributed by atoms with Crippen LogP contribution in [0.1, 0.15) is 29.6 Å². The molecule has 0 aliphatic heterocycles. The Morgan fingerprint density at radius 3 is 2.41 bits per heavy atom. The number of rotatable bonds is 10. The monoisotopic (exact) mass is 502 g/mol. The minimum atomic E-state index is -3.56. The van der Waals surface area contributed by atoms with E-state index in [1.54, 1.807) is 31.2 Å². The van der Waals surface area contributed by atoms with Crippen molar-refractivity contribution in [3.05, 3.63) is 48.0 Å². The molecule has 1 saturated carbocycles. The molecule has 1 amide bonds. The first-order valence-corrected chi connectivity index (χ1v) is 13.5. The van der Waals surface area contributed by atoms with Gasteiger partial charge in [-0.15, -0.1) is 0 Å². The Labute approximate surface area is 204 Å². The Balaban J connectivity index is 1.63. The summed E-state index contributed by atoms with van der Waals surface area (Å²) in [5.74, 6) is 0.450. The third kappa shape index (κ3) is 5.10. The van der Waals surface area contributed by atoms with Crippen LogP contribution in [0.15, 0.2) is 47.4 Å². The number of hydrogen-bond donors (Lipinski definition) is 0. The Morgan fingerprint density at radius 1 is 1.09 bits per heavy atom. The molecule has 1 fully saturated rings. The number of carbonyl (C=O) groups is 1. The van der Waals surface area contributed by atoms with Gasteiger partial charge in [-0.1, -0.05) is 17.4 Å². The van der Waals surface area contributed by atoms with Crippen LogP contribution in [0.3, 0.4) is 0 Å². The van der Waals surface area contributed by atoms with E-state index in [0.717, 1.165) is 36.0 Å². The Hall–Kier alpha value is -2.53. The fourth-order valence-electron chi connectivity index (χ4n) is 3.75. The van der Waals surface area contributed by atoms with E-state index in [-0.39, 0.29) is 16.8 Å². The second kappa shape index (κ2) is 9.99. The van der Waals surface area contributed by atoms with E-state index in [1.165, 1.54) is 27.8 Å². The lowest BCUT2D eigenvalue weighted by Gasteiger charge is -2.21. The number of anilines is 1. The third-order valence-corrected chi connectivity index (χ3v) is 8.86. The Kier molecular flexibility index (Phi) is 7.22. The number of carbonyl (C=O) groups excluding carboxylic acids is 1. The summed E-state index contributed by atoms with van der Waals surface area (Å²) in [5.41, 5.74) is 1.14. The van der Waals surface area contributed by atoms with Crippen LogP contribution in [0.5, 0.6) is 5.75 Å². The highest BCUT2D eigenvalue weighted by Gasteiger charge is 2.35. The van der Waals surface area contributed by atoms with Gasteiger partial charge in [-0.05, 0) is 76.3 Å². The molecule has 0 radical (unpaired) electrons. The molecule has 182 valence electrons. The number of hydrogen-bond acceptors (Lipinski definition) is 7. The zero-order valence-corrected chi connectivity index (χ0v) is 21.5. The minimum absolute atomic E-state index is 0.0783. The van der Waals surface area contributed by atoms with Crippen molar-refractivity contribution >= 4 is 42.6 Å². The molecule has 0 atom stereocenters. The maximum Gasteiger partial charge on any atom is 0.260 e. The lowest BCUT2D eigenvalue weighted by Crippen LogP contribution is -2.33. The topological polar surface area (TPSA) is 83.0 Å². The maximum atomic E-state index is 13.6. The van der Waals surface area contributed by atoms with E-state index in [1.807, 2.05) is 32.3 Å². The summed E-state index contributed by atoms with van der Waals surface area (Å²) in [6, 6.07) is 12.0. The Bertz CT molecular complexity index is 1270. The van der Waals surface area contributed by atoms with Gasteiger partial charge in [0.05, 0.1) is 16.7 Å². The lowest BCUT2D eigenvalue weighted by molar-refractivity contribution is 0.0986. The number of benzene rings is 2. The van der Waals surface area contributed by atoms with Gasteiger partial charge in [-0.2, -0.15) is 4.31 Å². The summed E-state index contributed by atoms with van der Waals surface area (Å²) in [5, 5.41) is 0.591. The smallest absolute Gasteiger partial charge is 0.260 e. The number of amides is 1. The SMILES string of the molecule is COc1cccc2sc(N(CCCN(C)C)C(=O)c3ccc(S(=O)(=O)N(C)C4CC4)cc3)nc12. The summed E-state index contributed by atoms with van der Waals surface area (Å²) in [6.07, 6.45) is 2.55. The molecule has 0 saturated heterocycles. The van der Waals surface area contributed by atoms with Crippen molar-refractivity contribution in [3.8, 4) is 5.75 Å². The van der Waals surface area contributed by atoms with E-state index < -0.39 is 10.0 Å². The number of thiazole rings is 1. The average Bonchev–Trinajstić information content (AvgIpc) is 3.58. The normalized spacial score (nSPS) is 14.2.